The molecule has 2 aromatic carbocycles. The highest BCUT2D eigenvalue weighted by atomic mass is 19.1. The molecule has 0 unspecified atom stereocenters. The van der Waals surface area contributed by atoms with Crippen LogP contribution in [0.25, 0.3) is 17.4 Å². The fourth-order valence-electron chi connectivity index (χ4n) is 3.01. The first kappa shape index (κ1) is 18.4. The molecule has 4 rings (SSSR count). The highest BCUT2D eigenvalue weighted by Gasteiger charge is 2.29. The third-order valence-corrected chi connectivity index (χ3v) is 4.45. The molecule has 1 aliphatic rings. The van der Waals surface area contributed by atoms with Crippen LogP contribution in [0.2, 0.25) is 0 Å². The molecule has 29 heavy (non-hydrogen) atoms. The van der Waals surface area contributed by atoms with Gasteiger partial charge in [-0.05, 0) is 55.5 Å². The van der Waals surface area contributed by atoms with Crippen LogP contribution in [0.4, 0.5) is 10.1 Å². The summed E-state index contributed by atoms with van der Waals surface area (Å²) in [5.41, 5.74) is 1.50. The van der Waals surface area contributed by atoms with Crippen LogP contribution in [0.5, 0.6) is 0 Å². The van der Waals surface area contributed by atoms with E-state index >= 15 is 0 Å². The van der Waals surface area contributed by atoms with Gasteiger partial charge in [-0.2, -0.15) is 10.1 Å². The minimum atomic E-state index is -1.09. The number of hydrogen-bond donors (Lipinski definition) is 1. The van der Waals surface area contributed by atoms with E-state index in [1.165, 1.54) is 24.3 Å². The number of hydrogen-bond acceptors (Lipinski definition) is 4. The van der Waals surface area contributed by atoms with Crippen molar-refractivity contribution in [1.29, 1.82) is 0 Å². The minimum absolute atomic E-state index is 0.0566. The Morgan fingerprint density at radius 1 is 1.14 bits per heavy atom. The molecule has 0 fully saturated rings. The molecule has 1 amide bonds. The van der Waals surface area contributed by atoms with E-state index in [-0.39, 0.29) is 5.56 Å². The number of nitrogens with zero attached hydrogens (tertiary/aromatic N) is 2. The SMILES string of the molecule is CC1=NN(c2cccc(C(=O)O)c2)C(=O)/C1=C\c1ccc(-c2ccccc2F)o1. The van der Waals surface area contributed by atoms with Gasteiger partial charge in [-0.3, -0.25) is 4.79 Å². The molecule has 6 nitrogen and oxygen atoms in total. The highest BCUT2D eigenvalue weighted by molar-refractivity contribution is 6.32. The Labute approximate surface area is 165 Å². The van der Waals surface area contributed by atoms with E-state index in [2.05, 4.69) is 5.10 Å². The van der Waals surface area contributed by atoms with E-state index in [1.54, 1.807) is 49.4 Å². The van der Waals surface area contributed by atoms with Crippen molar-refractivity contribution >= 4 is 29.4 Å². The molecule has 1 aliphatic heterocycles. The third-order valence-electron chi connectivity index (χ3n) is 4.45. The molecule has 1 N–H and O–H groups in total. The average molecular weight is 390 g/mol. The zero-order valence-corrected chi connectivity index (χ0v) is 15.3. The summed E-state index contributed by atoms with van der Waals surface area (Å²) in [6, 6.07) is 15.5. The van der Waals surface area contributed by atoms with Crippen molar-refractivity contribution in [3.05, 3.63) is 83.4 Å². The maximum Gasteiger partial charge on any atom is 0.335 e. The molecular weight excluding hydrogens is 375 g/mol. The first-order valence-electron chi connectivity index (χ1n) is 8.74. The minimum Gasteiger partial charge on any atom is -0.478 e. The van der Waals surface area contributed by atoms with E-state index < -0.39 is 17.7 Å². The Morgan fingerprint density at radius 2 is 1.93 bits per heavy atom. The zero-order valence-electron chi connectivity index (χ0n) is 15.3. The van der Waals surface area contributed by atoms with Crippen LogP contribution in [0, 0.1) is 5.82 Å². The lowest BCUT2D eigenvalue weighted by Crippen LogP contribution is -2.21. The molecular formula is C22H15FN2O4. The standard InChI is InChI=1S/C22H15FN2O4/c1-13-18(12-16-9-10-20(29-16)17-7-2-3-8-19(17)23)21(26)25(24-13)15-6-4-5-14(11-15)22(27)28/h2-12H,1H3,(H,27,28)/b18-12-. The number of furan rings is 1. The number of rotatable bonds is 4. The molecule has 0 atom stereocenters. The molecule has 0 aliphatic carbocycles. The van der Waals surface area contributed by atoms with Gasteiger partial charge >= 0.3 is 5.97 Å². The zero-order chi connectivity index (χ0) is 20.5. The predicted octanol–water partition coefficient (Wildman–Crippen LogP) is 4.59. The van der Waals surface area contributed by atoms with E-state index in [0.29, 0.717) is 34.1 Å². The van der Waals surface area contributed by atoms with Crippen LogP contribution >= 0.6 is 0 Å². The fourth-order valence-corrected chi connectivity index (χ4v) is 3.01. The summed E-state index contributed by atoms with van der Waals surface area (Å²) in [6.45, 7) is 1.67. The summed E-state index contributed by atoms with van der Waals surface area (Å²) >= 11 is 0. The molecule has 3 aromatic rings. The summed E-state index contributed by atoms with van der Waals surface area (Å²) < 4.78 is 19.6. The number of carboxylic acid groups (broad SMARTS) is 1. The quantitative estimate of drug-likeness (QED) is 0.661. The molecule has 0 spiro atoms. The topological polar surface area (TPSA) is 83.1 Å². The smallest absolute Gasteiger partial charge is 0.335 e. The second-order valence-corrected chi connectivity index (χ2v) is 6.40. The molecule has 0 saturated carbocycles. The lowest BCUT2D eigenvalue weighted by Gasteiger charge is -2.12. The summed E-state index contributed by atoms with van der Waals surface area (Å²) in [4.78, 5) is 24.0. The van der Waals surface area contributed by atoms with Crippen molar-refractivity contribution in [3.8, 4) is 11.3 Å². The Balaban J connectivity index is 1.64. The number of amides is 1. The molecule has 0 saturated heterocycles. The number of hydrazone groups is 1. The van der Waals surface area contributed by atoms with Gasteiger partial charge in [0.05, 0.1) is 28.1 Å². The van der Waals surface area contributed by atoms with Crippen LogP contribution < -0.4 is 5.01 Å². The number of carbonyl (C=O) groups excluding carboxylic acids is 1. The fraction of sp³-hybridized carbons (Fsp3) is 0.0455. The Bertz CT molecular complexity index is 1190. The number of anilines is 1. The monoisotopic (exact) mass is 390 g/mol. The first-order chi connectivity index (χ1) is 13.9. The van der Waals surface area contributed by atoms with Gasteiger partial charge < -0.3 is 9.52 Å². The summed E-state index contributed by atoms with van der Waals surface area (Å²) in [5.74, 6) is -1.18. The van der Waals surface area contributed by atoms with Gasteiger partial charge in [-0.1, -0.05) is 18.2 Å². The Morgan fingerprint density at radius 3 is 2.69 bits per heavy atom. The van der Waals surface area contributed by atoms with Gasteiger partial charge in [0.25, 0.3) is 5.91 Å². The second kappa shape index (κ2) is 7.20. The van der Waals surface area contributed by atoms with Crippen molar-refractivity contribution in [2.45, 2.75) is 6.92 Å². The van der Waals surface area contributed by atoms with Crippen molar-refractivity contribution in [1.82, 2.24) is 0 Å². The van der Waals surface area contributed by atoms with Crippen LogP contribution in [0.15, 0.2) is 75.8 Å². The molecule has 1 aromatic heterocycles. The largest absolute Gasteiger partial charge is 0.478 e. The van der Waals surface area contributed by atoms with Gasteiger partial charge in [0.2, 0.25) is 0 Å². The van der Waals surface area contributed by atoms with Crippen molar-refractivity contribution in [3.63, 3.8) is 0 Å². The van der Waals surface area contributed by atoms with Gasteiger partial charge in [-0.25, -0.2) is 9.18 Å². The second-order valence-electron chi connectivity index (χ2n) is 6.40. The number of carboxylic acids is 1. The van der Waals surface area contributed by atoms with Crippen LogP contribution in [0.1, 0.15) is 23.0 Å². The molecule has 2 heterocycles. The van der Waals surface area contributed by atoms with Gasteiger partial charge in [0.15, 0.2) is 0 Å². The summed E-state index contributed by atoms with van der Waals surface area (Å²) in [5, 5.41) is 14.5. The van der Waals surface area contributed by atoms with Gasteiger partial charge in [-0.15, -0.1) is 0 Å². The van der Waals surface area contributed by atoms with Crippen LogP contribution in [-0.2, 0) is 4.79 Å². The van der Waals surface area contributed by atoms with E-state index in [9.17, 15) is 14.0 Å². The van der Waals surface area contributed by atoms with E-state index in [0.717, 1.165) is 5.01 Å². The molecule has 0 radical (unpaired) electrons. The number of benzene rings is 2. The van der Waals surface area contributed by atoms with E-state index in [4.69, 9.17) is 9.52 Å². The lowest BCUT2D eigenvalue weighted by molar-refractivity contribution is -0.114. The molecule has 0 bridgehead atoms. The van der Waals surface area contributed by atoms with Crippen molar-refractivity contribution in [2.24, 2.45) is 5.10 Å². The van der Waals surface area contributed by atoms with Crippen molar-refractivity contribution in [2.75, 3.05) is 5.01 Å². The van der Waals surface area contributed by atoms with E-state index in [1.807, 2.05) is 0 Å². The maximum atomic E-state index is 13.9. The maximum absolute atomic E-state index is 13.9. The number of carbonyl (C=O) groups is 2. The van der Waals surface area contributed by atoms with Gasteiger partial charge in [0, 0.05) is 0 Å². The normalized spacial score (nSPS) is 15.1. The Kier molecular flexibility index (Phi) is 4.56. The summed E-state index contributed by atoms with van der Waals surface area (Å²) in [7, 11) is 0. The molecule has 7 heteroatoms. The van der Waals surface area contributed by atoms with Crippen LogP contribution in [-0.4, -0.2) is 22.7 Å². The number of aromatic carboxylic acids is 1. The first-order valence-corrected chi connectivity index (χ1v) is 8.74. The van der Waals surface area contributed by atoms with Crippen LogP contribution in [0.3, 0.4) is 0 Å². The third kappa shape index (κ3) is 3.45. The lowest BCUT2D eigenvalue weighted by atomic mass is 10.1. The molecule has 144 valence electrons. The summed E-state index contributed by atoms with van der Waals surface area (Å²) in [6.07, 6.45) is 1.53. The number of halogens is 1. The van der Waals surface area contributed by atoms with Crippen molar-refractivity contribution < 1.29 is 23.5 Å². The van der Waals surface area contributed by atoms with Gasteiger partial charge in [0.1, 0.15) is 17.3 Å². The highest BCUT2D eigenvalue weighted by Crippen LogP contribution is 2.29. The Hall–Kier alpha value is -4.00. The average Bonchev–Trinajstić information content (AvgIpc) is 3.28. The predicted molar refractivity (Wildman–Crippen MR) is 106 cm³/mol.